The quantitative estimate of drug-likeness (QED) is 0.590. The fraction of sp³-hybridized carbons (Fsp3) is 0.333. The number of nitrogens with two attached hydrogens (primary N) is 1. The van der Waals surface area contributed by atoms with Crippen molar-refractivity contribution in [2.24, 2.45) is 5.73 Å². The maximum Gasteiger partial charge on any atom is 0.278 e. The third kappa shape index (κ3) is 2.04. The number of hydrogen-bond acceptors (Lipinski definition) is 4. The number of rotatable bonds is 3. The molecule has 0 saturated heterocycles. The van der Waals surface area contributed by atoms with Crippen LogP contribution in [0.25, 0.3) is 0 Å². The first-order chi connectivity index (χ1) is 6.99. The number of aryl methyl sites for hydroxylation is 1. The van der Waals surface area contributed by atoms with Crippen LogP contribution in [0.2, 0.25) is 0 Å². The van der Waals surface area contributed by atoms with Crippen molar-refractivity contribution in [1.82, 2.24) is 0 Å². The van der Waals surface area contributed by atoms with Gasteiger partial charge in [-0.1, -0.05) is 0 Å². The van der Waals surface area contributed by atoms with Gasteiger partial charge in [-0.25, -0.2) is 4.39 Å². The molecule has 0 bridgehead atoms. The minimum Gasteiger partial charge on any atom is -0.507 e. The van der Waals surface area contributed by atoms with Gasteiger partial charge in [-0.2, -0.15) is 0 Å². The Hall–Kier alpha value is -1.69. The highest BCUT2D eigenvalue weighted by Crippen LogP contribution is 2.34. The highest BCUT2D eigenvalue weighted by Gasteiger charge is 2.24. The summed E-state index contributed by atoms with van der Waals surface area (Å²) in [6, 6.07) is 1.42. The molecule has 0 saturated carbocycles. The van der Waals surface area contributed by atoms with E-state index in [-0.39, 0.29) is 17.0 Å². The number of nitro groups is 1. The van der Waals surface area contributed by atoms with E-state index >= 15 is 0 Å². The van der Waals surface area contributed by atoms with Crippen LogP contribution >= 0.6 is 0 Å². The van der Waals surface area contributed by atoms with Gasteiger partial charge < -0.3 is 10.8 Å². The second-order valence-corrected chi connectivity index (χ2v) is 3.18. The van der Waals surface area contributed by atoms with Crippen molar-refractivity contribution in [3.63, 3.8) is 0 Å². The largest absolute Gasteiger partial charge is 0.507 e. The van der Waals surface area contributed by atoms with E-state index < -0.39 is 17.6 Å². The molecule has 0 radical (unpaired) electrons. The van der Waals surface area contributed by atoms with Gasteiger partial charge in [0.25, 0.3) is 5.69 Å². The third-order valence-corrected chi connectivity index (χ3v) is 2.13. The highest BCUT2D eigenvalue weighted by atomic mass is 19.1. The number of nitro benzene ring substituents is 1. The standard InChI is InChI=1S/C9H11FN2O3/c1-5-2-3-7(12(14)15)8(9(5)13)6(11)4-10/h2-3,6,13H,4,11H2,1H3/t6-/m1/s1. The van der Waals surface area contributed by atoms with Crippen LogP contribution in [0.4, 0.5) is 10.1 Å². The van der Waals surface area contributed by atoms with E-state index in [9.17, 15) is 19.6 Å². The lowest BCUT2D eigenvalue weighted by Crippen LogP contribution is -2.14. The monoisotopic (exact) mass is 214 g/mol. The number of nitrogens with zero attached hydrogens (tertiary/aromatic N) is 1. The smallest absolute Gasteiger partial charge is 0.278 e. The summed E-state index contributed by atoms with van der Waals surface area (Å²) in [4.78, 5) is 9.93. The fourth-order valence-corrected chi connectivity index (χ4v) is 1.31. The van der Waals surface area contributed by atoms with Gasteiger partial charge in [0.05, 0.1) is 16.5 Å². The third-order valence-electron chi connectivity index (χ3n) is 2.13. The van der Waals surface area contributed by atoms with Gasteiger partial charge in [-0.15, -0.1) is 0 Å². The zero-order chi connectivity index (χ0) is 11.6. The van der Waals surface area contributed by atoms with Crippen molar-refractivity contribution in [1.29, 1.82) is 0 Å². The molecule has 1 aromatic rings. The Morgan fingerprint density at radius 3 is 2.73 bits per heavy atom. The summed E-state index contributed by atoms with van der Waals surface area (Å²) in [5.41, 5.74) is 5.28. The first-order valence-corrected chi connectivity index (χ1v) is 4.27. The molecule has 0 aliphatic carbocycles. The Morgan fingerprint density at radius 2 is 2.27 bits per heavy atom. The maximum absolute atomic E-state index is 12.4. The van der Waals surface area contributed by atoms with E-state index in [1.54, 1.807) is 6.92 Å². The Balaban J connectivity index is 3.41. The molecule has 0 aromatic heterocycles. The summed E-state index contributed by atoms with van der Waals surface area (Å²) < 4.78 is 12.4. The molecular weight excluding hydrogens is 203 g/mol. The molecule has 0 amide bonds. The van der Waals surface area contributed by atoms with Gasteiger partial charge in [0.15, 0.2) is 0 Å². The van der Waals surface area contributed by atoms with Gasteiger partial charge in [-0.05, 0) is 18.6 Å². The number of hydrogen-bond donors (Lipinski definition) is 2. The summed E-state index contributed by atoms with van der Waals surface area (Å²) in [7, 11) is 0. The Labute approximate surface area is 85.5 Å². The average Bonchev–Trinajstić information content (AvgIpc) is 2.20. The molecule has 0 aliphatic rings. The van der Waals surface area contributed by atoms with Gasteiger partial charge in [0.2, 0.25) is 0 Å². The summed E-state index contributed by atoms with van der Waals surface area (Å²) in [6.45, 7) is 0.603. The lowest BCUT2D eigenvalue weighted by Gasteiger charge is -2.11. The molecular formula is C9H11FN2O3. The zero-order valence-corrected chi connectivity index (χ0v) is 8.11. The molecule has 0 heterocycles. The highest BCUT2D eigenvalue weighted by molar-refractivity contribution is 5.54. The Kier molecular flexibility index (Phi) is 3.21. The first kappa shape index (κ1) is 11.4. The summed E-state index contributed by atoms with van der Waals surface area (Å²) >= 11 is 0. The molecule has 1 aromatic carbocycles. The number of alkyl halides is 1. The van der Waals surface area contributed by atoms with Crippen LogP contribution in [-0.4, -0.2) is 16.7 Å². The van der Waals surface area contributed by atoms with Crippen molar-refractivity contribution >= 4 is 5.69 Å². The van der Waals surface area contributed by atoms with Crippen LogP contribution in [0.15, 0.2) is 12.1 Å². The summed E-state index contributed by atoms with van der Waals surface area (Å²) in [5.74, 6) is -0.311. The molecule has 0 unspecified atom stereocenters. The molecule has 0 spiro atoms. The van der Waals surface area contributed by atoms with Crippen LogP contribution < -0.4 is 5.73 Å². The maximum atomic E-state index is 12.4. The number of aromatic hydroxyl groups is 1. The summed E-state index contributed by atoms with van der Waals surface area (Å²) in [6.07, 6.45) is 0. The number of phenolic OH excluding ortho intramolecular Hbond substituents is 1. The van der Waals surface area contributed by atoms with Crippen LogP contribution in [-0.2, 0) is 0 Å². The average molecular weight is 214 g/mol. The SMILES string of the molecule is Cc1ccc([N+](=O)[O-])c([C@H](N)CF)c1O. The predicted molar refractivity (Wildman–Crippen MR) is 52.4 cm³/mol. The van der Waals surface area contributed by atoms with Gasteiger partial charge in [0.1, 0.15) is 12.4 Å². The van der Waals surface area contributed by atoms with Gasteiger partial charge in [0, 0.05) is 6.07 Å². The minimum atomic E-state index is -1.18. The predicted octanol–water partition coefficient (Wildman–Crippen LogP) is 1.58. The Bertz CT molecular complexity index is 395. The lowest BCUT2D eigenvalue weighted by molar-refractivity contribution is -0.385. The Morgan fingerprint density at radius 1 is 1.67 bits per heavy atom. The molecule has 5 nitrogen and oxygen atoms in total. The number of benzene rings is 1. The normalized spacial score (nSPS) is 12.5. The van der Waals surface area contributed by atoms with Crippen molar-refractivity contribution in [3.8, 4) is 5.75 Å². The molecule has 15 heavy (non-hydrogen) atoms. The molecule has 1 rings (SSSR count). The minimum absolute atomic E-state index is 0.150. The van der Waals surface area contributed by atoms with Crippen LogP contribution in [0.1, 0.15) is 17.2 Å². The zero-order valence-electron chi connectivity index (χ0n) is 8.11. The topological polar surface area (TPSA) is 89.4 Å². The van der Waals surface area contributed by atoms with E-state index in [4.69, 9.17) is 5.73 Å². The molecule has 82 valence electrons. The molecule has 3 N–H and O–H groups in total. The lowest BCUT2D eigenvalue weighted by atomic mass is 10.0. The number of phenols is 1. The molecule has 0 fully saturated rings. The van der Waals surface area contributed by atoms with E-state index in [2.05, 4.69) is 0 Å². The molecule has 1 atom stereocenters. The number of halogens is 1. The second kappa shape index (κ2) is 4.22. The van der Waals surface area contributed by atoms with E-state index in [0.29, 0.717) is 5.56 Å². The van der Waals surface area contributed by atoms with Crippen molar-refractivity contribution in [2.45, 2.75) is 13.0 Å². The van der Waals surface area contributed by atoms with Crippen LogP contribution in [0.3, 0.4) is 0 Å². The first-order valence-electron chi connectivity index (χ1n) is 4.27. The fourth-order valence-electron chi connectivity index (χ4n) is 1.31. The molecule has 6 heteroatoms. The van der Waals surface area contributed by atoms with E-state index in [0.717, 1.165) is 0 Å². The van der Waals surface area contributed by atoms with Crippen LogP contribution in [0, 0.1) is 17.0 Å². The summed E-state index contributed by atoms with van der Waals surface area (Å²) in [5, 5.41) is 20.2. The molecule has 0 aliphatic heterocycles. The van der Waals surface area contributed by atoms with Crippen molar-refractivity contribution in [3.05, 3.63) is 33.4 Å². The van der Waals surface area contributed by atoms with Gasteiger partial charge in [-0.3, -0.25) is 10.1 Å². The van der Waals surface area contributed by atoms with Crippen LogP contribution in [0.5, 0.6) is 5.75 Å². The van der Waals surface area contributed by atoms with Gasteiger partial charge >= 0.3 is 0 Å². The van der Waals surface area contributed by atoms with Crippen molar-refractivity contribution in [2.75, 3.05) is 6.67 Å². The second-order valence-electron chi connectivity index (χ2n) is 3.18. The van der Waals surface area contributed by atoms with E-state index in [1.807, 2.05) is 0 Å². The van der Waals surface area contributed by atoms with Crippen molar-refractivity contribution < 1.29 is 14.4 Å². The van der Waals surface area contributed by atoms with E-state index in [1.165, 1.54) is 12.1 Å².